The Labute approximate surface area is 222 Å². The van der Waals surface area contributed by atoms with Crippen molar-refractivity contribution in [1.82, 2.24) is 20.6 Å². The molecule has 38 heavy (non-hydrogen) atoms. The second kappa shape index (κ2) is 11.2. The molecule has 192 valence electrons. The lowest BCUT2D eigenvalue weighted by molar-refractivity contribution is -0.117. The molecule has 0 aliphatic carbocycles. The van der Waals surface area contributed by atoms with Crippen molar-refractivity contribution in [3.8, 4) is 11.8 Å². The first kappa shape index (κ1) is 26.4. The Hall–Kier alpha value is -4.68. The van der Waals surface area contributed by atoms with Gasteiger partial charge < -0.3 is 16.0 Å². The molecule has 1 atom stereocenters. The van der Waals surface area contributed by atoms with E-state index in [0.29, 0.717) is 34.2 Å². The molecular formula is C29H30N8O. The van der Waals surface area contributed by atoms with Crippen molar-refractivity contribution < 1.29 is 4.79 Å². The number of aryl methyl sites for hydroxylation is 1. The summed E-state index contributed by atoms with van der Waals surface area (Å²) in [5, 5.41) is 19.5. The Kier molecular flexibility index (Phi) is 7.74. The van der Waals surface area contributed by atoms with Crippen LogP contribution in [0.5, 0.6) is 0 Å². The topological polar surface area (TPSA) is 128 Å². The van der Waals surface area contributed by atoms with Crippen molar-refractivity contribution in [2.45, 2.75) is 33.7 Å². The molecule has 0 saturated heterocycles. The number of aromatic nitrogens is 2. The van der Waals surface area contributed by atoms with Crippen molar-refractivity contribution in [2.24, 2.45) is 9.98 Å². The Morgan fingerprint density at radius 1 is 1.05 bits per heavy atom. The summed E-state index contributed by atoms with van der Waals surface area (Å²) in [6.45, 7) is 7.36. The van der Waals surface area contributed by atoms with Crippen LogP contribution in [0.25, 0.3) is 10.8 Å². The van der Waals surface area contributed by atoms with Crippen LogP contribution in [0.2, 0.25) is 0 Å². The molecule has 0 spiro atoms. The van der Waals surface area contributed by atoms with Gasteiger partial charge in [0.25, 0.3) is 0 Å². The number of nitrogens with zero attached hydrogens (tertiary/aromatic N) is 4. The maximum absolute atomic E-state index is 12.6. The molecule has 0 bridgehead atoms. The monoisotopic (exact) mass is 506 g/mol. The number of hydrogen-bond acceptors (Lipinski definition) is 7. The number of likely N-dealkylation sites (N-methyl/N-ethyl adjacent to an activating group) is 1. The molecule has 1 aromatic carbocycles. The summed E-state index contributed by atoms with van der Waals surface area (Å²) < 4.78 is 0. The summed E-state index contributed by atoms with van der Waals surface area (Å²) in [5.74, 6) is 7.03. The van der Waals surface area contributed by atoms with Gasteiger partial charge in [0.1, 0.15) is 17.3 Å². The standard InChI is InChI=1S/C29H30N8O/c1-16-24-10-8-20(13-21(24)11-12-33-16)7-9-23-14-22(15-25(36-23)37-29(38)18(3)32-6)27-26(17(2)31-5)28(30)35-19(4)34-27/h8,10-15,18,30-32H,1-6H3,(H,36,37,38)/b26-17-,30-28?. The predicted molar refractivity (Wildman–Crippen MR) is 153 cm³/mol. The van der Waals surface area contributed by atoms with Gasteiger partial charge in [-0.1, -0.05) is 12.0 Å². The van der Waals surface area contributed by atoms with Gasteiger partial charge in [0, 0.05) is 41.1 Å². The average Bonchev–Trinajstić information content (AvgIpc) is 2.90. The molecule has 1 unspecified atom stereocenters. The fraction of sp³-hybridized carbons (Fsp3) is 0.241. The SMILES string of the molecule is CN/C(C)=C1\C(=N)N=C(C)N=C1c1cc(C#Cc2ccc3c(C)nccc3c2)nc(NC(=O)C(C)NC)c1. The van der Waals surface area contributed by atoms with Crippen LogP contribution in [-0.2, 0) is 4.79 Å². The molecule has 3 aromatic rings. The largest absolute Gasteiger partial charge is 0.391 e. The first-order valence-corrected chi connectivity index (χ1v) is 12.2. The average molecular weight is 507 g/mol. The number of allylic oxidation sites excluding steroid dienone is 1. The molecule has 2 aromatic heterocycles. The third-order valence-corrected chi connectivity index (χ3v) is 6.25. The Morgan fingerprint density at radius 2 is 1.84 bits per heavy atom. The van der Waals surface area contributed by atoms with Gasteiger partial charge in [-0.25, -0.2) is 15.0 Å². The number of fused-ring (bicyclic) bond motifs is 1. The number of nitrogens with one attached hydrogen (secondary N) is 4. The van der Waals surface area contributed by atoms with Crippen LogP contribution in [0.15, 0.2) is 63.8 Å². The summed E-state index contributed by atoms with van der Waals surface area (Å²) >= 11 is 0. The van der Waals surface area contributed by atoms with Crippen LogP contribution < -0.4 is 16.0 Å². The van der Waals surface area contributed by atoms with Gasteiger partial charge in [0.05, 0.1) is 17.3 Å². The number of amidine groups is 2. The lowest BCUT2D eigenvalue weighted by Crippen LogP contribution is -2.35. The highest BCUT2D eigenvalue weighted by Gasteiger charge is 2.23. The van der Waals surface area contributed by atoms with E-state index in [9.17, 15) is 4.79 Å². The van der Waals surface area contributed by atoms with E-state index in [1.165, 1.54) is 0 Å². The number of benzene rings is 1. The molecule has 0 radical (unpaired) electrons. The van der Waals surface area contributed by atoms with Crippen LogP contribution >= 0.6 is 0 Å². The fourth-order valence-electron chi connectivity index (χ4n) is 3.97. The third kappa shape index (κ3) is 5.66. The van der Waals surface area contributed by atoms with Gasteiger partial charge >= 0.3 is 0 Å². The van der Waals surface area contributed by atoms with Gasteiger partial charge in [0.15, 0.2) is 5.84 Å². The third-order valence-electron chi connectivity index (χ3n) is 6.25. The van der Waals surface area contributed by atoms with Crippen LogP contribution in [0, 0.1) is 24.2 Å². The number of anilines is 1. The van der Waals surface area contributed by atoms with Crippen molar-refractivity contribution in [3.63, 3.8) is 0 Å². The van der Waals surface area contributed by atoms with Crippen molar-refractivity contribution in [3.05, 3.63) is 76.4 Å². The van der Waals surface area contributed by atoms with Gasteiger partial charge in [-0.05, 0) is 76.4 Å². The van der Waals surface area contributed by atoms with E-state index in [-0.39, 0.29) is 11.7 Å². The number of aliphatic imine (C=N–C) groups is 2. The zero-order chi connectivity index (χ0) is 27.4. The maximum atomic E-state index is 12.6. The Balaban J connectivity index is 1.83. The number of carbonyl (C=O) groups is 1. The quantitative estimate of drug-likeness (QED) is 0.394. The smallest absolute Gasteiger partial charge is 0.242 e. The highest BCUT2D eigenvalue weighted by Crippen LogP contribution is 2.22. The minimum absolute atomic E-state index is 0.110. The van der Waals surface area contributed by atoms with E-state index >= 15 is 0 Å². The molecule has 9 heteroatoms. The lowest BCUT2D eigenvalue weighted by Gasteiger charge is -2.19. The molecule has 0 fully saturated rings. The second-order valence-electron chi connectivity index (χ2n) is 8.93. The van der Waals surface area contributed by atoms with Gasteiger partial charge in [-0.3, -0.25) is 15.2 Å². The number of rotatable bonds is 5. The van der Waals surface area contributed by atoms with E-state index < -0.39 is 6.04 Å². The molecule has 3 heterocycles. The molecule has 1 amide bonds. The lowest BCUT2D eigenvalue weighted by atomic mass is 9.98. The van der Waals surface area contributed by atoms with E-state index in [0.717, 1.165) is 27.7 Å². The van der Waals surface area contributed by atoms with E-state index in [1.807, 2.05) is 44.2 Å². The van der Waals surface area contributed by atoms with E-state index in [4.69, 9.17) is 5.41 Å². The predicted octanol–water partition coefficient (Wildman–Crippen LogP) is 3.58. The fourth-order valence-corrected chi connectivity index (χ4v) is 3.97. The Bertz CT molecular complexity index is 1600. The number of amides is 1. The zero-order valence-electron chi connectivity index (χ0n) is 22.3. The first-order chi connectivity index (χ1) is 18.2. The molecule has 4 rings (SSSR count). The molecular weight excluding hydrogens is 476 g/mol. The van der Waals surface area contributed by atoms with Crippen LogP contribution in [0.3, 0.4) is 0 Å². The van der Waals surface area contributed by atoms with Crippen molar-refractivity contribution in [2.75, 3.05) is 19.4 Å². The van der Waals surface area contributed by atoms with E-state index in [2.05, 4.69) is 47.7 Å². The Morgan fingerprint density at radius 3 is 2.58 bits per heavy atom. The molecule has 9 nitrogen and oxygen atoms in total. The summed E-state index contributed by atoms with van der Waals surface area (Å²) in [7, 11) is 3.50. The molecule has 1 aliphatic rings. The minimum Gasteiger partial charge on any atom is -0.391 e. The van der Waals surface area contributed by atoms with Crippen molar-refractivity contribution >= 4 is 39.9 Å². The van der Waals surface area contributed by atoms with Crippen LogP contribution in [0.1, 0.15) is 43.3 Å². The highest BCUT2D eigenvalue weighted by molar-refractivity contribution is 6.35. The molecule has 0 saturated carbocycles. The van der Waals surface area contributed by atoms with Crippen molar-refractivity contribution in [1.29, 1.82) is 5.41 Å². The minimum atomic E-state index is -0.415. The second-order valence-corrected chi connectivity index (χ2v) is 8.93. The van der Waals surface area contributed by atoms with Gasteiger partial charge in [-0.15, -0.1) is 0 Å². The molecule has 1 aliphatic heterocycles. The molecule has 4 N–H and O–H groups in total. The highest BCUT2D eigenvalue weighted by atomic mass is 16.2. The normalized spacial score (nSPS) is 15.2. The first-order valence-electron chi connectivity index (χ1n) is 12.2. The summed E-state index contributed by atoms with van der Waals surface area (Å²) in [6, 6.07) is 11.1. The number of carbonyl (C=O) groups excluding carboxylic acids is 1. The maximum Gasteiger partial charge on any atom is 0.242 e. The summed E-state index contributed by atoms with van der Waals surface area (Å²) in [6.07, 6.45) is 1.78. The number of hydrogen-bond donors (Lipinski definition) is 4. The summed E-state index contributed by atoms with van der Waals surface area (Å²) in [5.41, 5.74) is 4.80. The van der Waals surface area contributed by atoms with Gasteiger partial charge in [0.2, 0.25) is 5.91 Å². The van der Waals surface area contributed by atoms with Crippen LogP contribution in [0.4, 0.5) is 5.82 Å². The van der Waals surface area contributed by atoms with Crippen LogP contribution in [-0.4, -0.2) is 53.4 Å². The van der Waals surface area contributed by atoms with Gasteiger partial charge in [-0.2, -0.15) is 0 Å². The summed E-state index contributed by atoms with van der Waals surface area (Å²) in [4.78, 5) is 30.5. The van der Waals surface area contributed by atoms with E-state index in [1.54, 1.807) is 40.2 Å². The zero-order valence-corrected chi connectivity index (χ0v) is 22.3. The number of pyridine rings is 2.